The minimum atomic E-state index is -0.789. The van der Waals surface area contributed by atoms with E-state index < -0.39 is 16.4 Å². The normalized spacial score (nSPS) is 25.2. The maximum absolute atomic E-state index is 13.6. The topological polar surface area (TPSA) is 55.2 Å². The lowest BCUT2D eigenvalue weighted by Crippen LogP contribution is -2.35. The van der Waals surface area contributed by atoms with Crippen molar-refractivity contribution >= 4 is 11.4 Å². The molecule has 1 N–H and O–H groups in total. The molecule has 2 atom stereocenters. The van der Waals surface area contributed by atoms with E-state index in [1.807, 2.05) is 0 Å². The third kappa shape index (κ3) is 3.46. The number of benzene rings is 1. The van der Waals surface area contributed by atoms with Gasteiger partial charge >= 0.3 is 5.69 Å². The summed E-state index contributed by atoms with van der Waals surface area (Å²) >= 11 is 0. The van der Waals surface area contributed by atoms with Gasteiger partial charge in [-0.3, -0.25) is 10.1 Å². The smallest absolute Gasteiger partial charge is 0.304 e. The van der Waals surface area contributed by atoms with Crippen LogP contribution in [-0.2, 0) is 0 Å². The van der Waals surface area contributed by atoms with Gasteiger partial charge in [0.15, 0.2) is 0 Å². The van der Waals surface area contributed by atoms with Crippen molar-refractivity contribution in [3.8, 4) is 0 Å². The summed E-state index contributed by atoms with van der Waals surface area (Å²) in [5.41, 5.74) is 0.408. The lowest BCUT2D eigenvalue weighted by Gasteiger charge is -2.39. The molecule has 0 saturated heterocycles. The standard InChI is InChI=1S/C15H21FN2O2/c1-10-6-12(9-15(2,3)8-10)17-11-4-5-14(18(19)20)13(16)7-11/h4-5,7,10,12,17H,6,8-9H2,1-3H3. The fourth-order valence-corrected chi connectivity index (χ4v) is 3.44. The second-order valence-corrected chi connectivity index (χ2v) is 6.68. The molecule has 2 rings (SSSR count). The van der Waals surface area contributed by atoms with Crippen LogP contribution in [-0.4, -0.2) is 11.0 Å². The van der Waals surface area contributed by atoms with E-state index in [4.69, 9.17) is 0 Å². The highest BCUT2D eigenvalue weighted by atomic mass is 19.1. The zero-order valence-electron chi connectivity index (χ0n) is 12.1. The summed E-state index contributed by atoms with van der Waals surface area (Å²) in [4.78, 5) is 9.89. The highest BCUT2D eigenvalue weighted by molar-refractivity contribution is 5.50. The Bertz CT molecular complexity index is 517. The molecule has 5 heteroatoms. The number of anilines is 1. The molecule has 0 bridgehead atoms. The molecule has 1 aliphatic carbocycles. The van der Waals surface area contributed by atoms with Crippen LogP contribution in [0.2, 0.25) is 0 Å². The molecule has 0 aromatic heterocycles. The van der Waals surface area contributed by atoms with Crippen LogP contribution in [0.25, 0.3) is 0 Å². The summed E-state index contributed by atoms with van der Waals surface area (Å²) in [7, 11) is 0. The molecule has 0 aliphatic heterocycles. The Morgan fingerprint density at radius 3 is 2.65 bits per heavy atom. The Balaban J connectivity index is 2.10. The minimum absolute atomic E-state index is 0.272. The van der Waals surface area contributed by atoms with Crippen molar-refractivity contribution in [1.29, 1.82) is 0 Å². The molecule has 110 valence electrons. The van der Waals surface area contributed by atoms with E-state index in [0.29, 0.717) is 11.6 Å². The van der Waals surface area contributed by atoms with Crippen LogP contribution >= 0.6 is 0 Å². The predicted octanol–water partition coefficient (Wildman–Crippen LogP) is 4.36. The number of halogens is 1. The number of rotatable bonds is 3. The van der Waals surface area contributed by atoms with Gasteiger partial charge in [-0.1, -0.05) is 20.8 Å². The van der Waals surface area contributed by atoms with Crippen molar-refractivity contribution in [2.24, 2.45) is 11.3 Å². The monoisotopic (exact) mass is 280 g/mol. The summed E-state index contributed by atoms with van der Waals surface area (Å²) in [5, 5.41) is 13.9. The van der Waals surface area contributed by atoms with Gasteiger partial charge in [-0.05, 0) is 36.7 Å². The third-order valence-corrected chi connectivity index (χ3v) is 3.90. The molecule has 1 aromatic carbocycles. The van der Waals surface area contributed by atoms with Crippen LogP contribution in [0.4, 0.5) is 15.8 Å². The SMILES string of the molecule is CC1CC(Nc2ccc([N+](=O)[O-])c(F)c2)CC(C)(C)C1. The van der Waals surface area contributed by atoms with Crippen LogP contribution in [0.5, 0.6) is 0 Å². The van der Waals surface area contributed by atoms with E-state index in [0.717, 1.165) is 12.8 Å². The fourth-order valence-electron chi connectivity index (χ4n) is 3.44. The van der Waals surface area contributed by atoms with Gasteiger partial charge in [0.2, 0.25) is 5.82 Å². The largest absolute Gasteiger partial charge is 0.382 e. The molecule has 0 radical (unpaired) electrons. The molecule has 0 spiro atoms. The fraction of sp³-hybridized carbons (Fsp3) is 0.600. The van der Waals surface area contributed by atoms with Crippen LogP contribution in [0, 0.1) is 27.3 Å². The minimum Gasteiger partial charge on any atom is -0.382 e. The van der Waals surface area contributed by atoms with Gasteiger partial charge in [0.1, 0.15) is 0 Å². The summed E-state index contributed by atoms with van der Waals surface area (Å²) in [6, 6.07) is 4.29. The molecule has 2 unspecified atom stereocenters. The molecule has 1 fully saturated rings. The Morgan fingerprint density at radius 2 is 2.10 bits per heavy atom. The quantitative estimate of drug-likeness (QED) is 0.661. The first-order valence-corrected chi connectivity index (χ1v) is 6.97. The van der Waals surface area contributed by atoms with E-state index in [-0.39, 0.29) is 11.5 Å². The lowest BCUT2D eigenvalue weighted by molar-refractivity contribution is -0.387. The van der Waals surface area contributed by atoms with Crippen molar-refractivity contribution in [3.05, 3.63) is 34.1 Å². The van der Waals surface area contributed by atoms with Gasteiger partial charge < -0.3 is 5.32 Å². The second kappa shape index (κ2) is 5.38. The van der Waals surface area contributed by atoms with Gasteiger partial charge in [-0.25, -0.2) is 0 Å². The number of nitrogens with one attached hydrogen (secondary N) is 1. The Hall–Kier alpha value is -1.65. The summed E-state index contributed by atoms with van der Waals surface area (Å²) in [6.07, 6.45) is 3.26. The van der Waals surface area contributed by atoms with E-state index in [1.165, 1.54) is 18.6 Å². The first-order chi connectivity index (χ1) is 9.27. The first kappa shape index (κ1) is 14.8. The van der Waals surface area contributed by atoms with E-state index in [1.54, 1.807) is 6.07 Å². The predicted molar refractivity (Wildman–Crippen MR) is 77.3 cm³/mol. The number of nitro benzene ring substituents is 1. The molecule has 20 heavy (non-hydrogen) atoms. The number of nitro groups is 1. The first-order valence-electron chi connectivity index (χ1n) is 6.97. The van der Waals surface area contributed by atoms with Crippen LogP contribution in [0.1, 0.15) is 40.0 Å². The van der Waals surface area contributed by atoms with E-state index in [9.17, 15) is 14.5 Å². The van der Waals surface area contributed by atoms with E-state index in [2.05, 4.69) is 26.1 Å². The molecular formula is C15H21FN2O2. The molecule has 0 amide bonds. The van der Waals surface area contributed by atoms with Crippen molar-refractivity contribution in [2.45, 2.75) is 46.1 Å². The van der Waals surface area contributed by atoms with Gasteiger partial charge in [-0.2, -0.15) is 4.39 Å². The summed E-state index contributed by atoms with van der Waals surface area (Å²) < 4.78 is 13.6. The van der Waals surface area contributed by atoms with Crippen molar-refractivity contribution in [2.75, 3.05) is 5.32 Å². The Morgan fingerprint density at radius 1 is 1.40 bits per heavy atom. The van der Waals surface area contributed by atoms with Crippen LogP contribution in [0.15, 0.2) is 18.2 Å². The van der Waals surface area contributed by atoms with Gasteiger partial charge in [0.05, 0.1) is 4.92 Å². The highest BCUT2D eigenvalue weighted by Crippen LogP contribution is 2.39. The summed E-state index contributed by atoms with van der Waals surface area (Å²) in [6.45, 7) is 6.72. The second-order valence-electron chi connectivity index (χ2n) is 6.68. The number of hydrogen-bond acceptors (Lipinski definition) is 3. The number of nitrogens with zero attached hydrogens (tertiary/aromatic N) is 1. The highest BCUT2D eigenvalue weighted by Gasteiger charge is 2.32. The van der Waals surface area contributed by atoms with Gasteiger partial charge in [-0.15, -0.1) is 0 Å². The van der Waals surface area contributed by atoms with Crippen molar-refractivity contribution < 1.29 is 9.31 Å². The zero-order valence-corrected chi connectivity index (χ0v) is 12.1. The molecule has 1 saturated carbocycles. The van der Waals surface area contributed by atoms with Crippen molar-refractivity contribution in [1.82, 2.24) is 0 Å². The Labute approximate surface area is 118 Å². The van der Waals surface area contributed by atoms with Crippen LogP contribution < -0.4 is 5.32 Å². The zero-order chi connectivity index (χ0) is 14.9. The van der Waals surface area contributed by atoms with Crippen molar-refractivity contribution in [3.63, 3.8) is 0 Å². The maximum atomic E-state index is 13.6. The Kier molecular flexibility index (Phi) is 3.97. The molecule has 1 aliphatic rings. The molecule has 0 heterocycles. The van der Waals surface area contributed by atoms with Crippen LogP contribution in [0.3, 0.4) is 0 Å². The molecule has 1 aromatic rings. The third-order valence-electron chi connectivity index (χ3n) is 3.90. The average molecular weight is 280 g/mol. The van der Waals surface area contributed by atoms with E-state index >= 15 is 0 Å². The average Bonchev–Trinajstić information content (AvgIpc) is 2.25. The number of hydrogen-bond donors (Lipinski definition) is 1. The lowest BCUT2D eigenvalue weighted by atomic mass is 9.70. The summed E-state index contributed by atoms with van der Waals surface area (Å²) in [5.74, 6) is -0.165. The molecule has 4 nitrogen and oxygen atoms in total. The maximum Gasteiger partial charge on any atom is 0.304 e. The molecular weight excluding hydrogens is 259 g/mol. The van der Waals surface area contributed by atoms with Gasteiger partial charge in [0.25, 0.3) is 0 Å². The van der Waals surface area contributed by atoms with Gasteiger partial charge in [0, 0.05) is 23.9 Å².